The van der Waals surface area contributed by atoms with Gasteiger partial charge >= 0.3 is 0 Å². The first kappa shape index (κ1) is 24.4. The molecule has 0 fully saturated rings. The number of hydrogen-bond donors (Lipinski definition) is 2. The highest BCUT2D eigenvalue weighted by Gasteiger charge is 2.19. The van der Waals surface area contributed by atoms with E-state index in [2.05, 4.69) is 32.6 Å². The average Bonchev–Trinajstić information content (AvgIpc) is 3.23. The van der Waals surface area contributed by atoms with Crippen LogP contribution >= 0.6 is 11.8 Å². The molecule has 3 rings (SSSR count). The molecule has 33 heavy (non-hydrogen) atoms. The highest BCUT2D eigenvalue weighted by atomic mass is 32.2. The monoisotopic (exact) mass is 473 g/mol. The summed E-state index contributed by atoms with van der Waals surface area (Å²) in [5.41, 5.74) is 0.448. The molecule has 0 saturated carbocycles. The number of nitro groups is 1. The molecule has 0 spiro atoms. The fourth-order valence-corrected chi connectivity index (χ4v) is 3.77. The highest BCUT2D eigenvalue weighted by Crippen LogP contribution is 2.24. The molecule has 3 aromatic rings. The lowest BCUT2D eigenvalue weighted by Gasteiger charge is -2.10. The van der Waals surface area contributed by atoms with Crippen molar-refractivity contribution in [1.82, 2.24) is 25.1 Å². The van der Waals surface area contributed by atoms with Gasteiger partial charge in [-0.15, -0.1) is 0 Å². The van der Waals surface area contributed by atoms with Crippen molar-refractivity contribution in [2.45, 2.75) is 32.0 Å². The van der Waals surface area contributed by atoms with Crippen molar-refractivity contribution < 1.29 is 14.5 Å². The molecule has 0 aliphatic rings. The zero-order chi connectivity index (χ0) is 23.6. The number of carbonyl (C=O) groups is 1. The molecule has 2 aromatic heterocycles. The lowest BCUT2D eigenvalue weighted by molar-refractivity contribution is -0.385. The number of amides is 1. The van der Waals surface area contributed by atoms with Gasteiger partial charge in [0.05, 0.1) is 29.7 Å². The molecular formula is C21H27N7O4S. The number of nitrogens with one attached hydrogen (secondary N) is 2. The molecule has 0 aliphatic heterocycles. The van der Waals surface area contributed by atoms with Crippen LogP contribution in [-0.4, -0.2) is 62.6 Å². The van der Waals surface area contributed by atoms with Crippen LogP contribution < -0.4 is 10.6 Å². The van der Waals surface area contributed by atoms with Gasteiger partial charge in [-0.3, -0.25) is 14.9 Å². The predicted octanol–water partition coefficient (Wildman–Crippen LogP) is 3.12. The van der Waals surface area contributed by atoms with Crippen molar-refractivity contribution in [2.24, 2.45) is 0 Å². The maximum atomic E-state index is 12.5. The third-order valence-electron chi connectivity index (χ3n) is 4.61. The molecule has 2 N–H and O–H groups in total. The Morgan fingerprint density at radius 2 is 2.06 bits per heavy atom. The fourth-order valence-electron chi connectivity index (χ4n) is 3.07. The number of hydrogen-bond acceptors (Lipinski definition) is 9. The Hall–Kier alpha value is -3.25. The van der Waals surface area contributed by atoms with E-state index in [9.17, 15) is 14.9 Å². The number of fused-ring (bicyclic) bond motifs is 1. The topological polar surface area (TPSA) is 137 Å². The number of para-hydroxylation sites is 1. The summed E-state index contributed by atoms with van der Waals surface area (Å²) < 4.78 is 7.08. The molecule has 176 valence electrons. The van der Waals surface area contributed by atoms with Gasteiger partial charge in [-0.2, -0.15) is 5.10 Å². The van der Waals surface area contributed by atoms with E-state index < -0.39 is 10.8 Å². The molecule has 2 heterocycles. The maximum absolute atomic E-state index is 12.5. The summed E-state index contributed by atoms with van der Waals surface area (Å²) in [4.78, 5) is 32.3. The van der Waals surface area contributed by atoms with Gasteiger partial charge in [0.15, 0.2) is 10.8 Å². The second-order valence-corrected chi connectivity index (χ2v) is 8.02. The van der Waals surface area contributed by atoms with Crippen molar-refractivity contribution >= 4 is 40.2 Å². The smallest absolute Gasteiger partial charge is 0.282 e. The Morgan fingerprint density at radius 1 is 1.24 bits per heavy atom. The van der Waals surface area contributed by atoms with Gasteiger partial charge in [-0.1, -0.05) is 30.8 Å². The van der Waals surface area contributed by atoms with E-state index in [0.717, 1.165) is 17.6 Å². The van der Waals surface area contributed by atoms with E-state index in [1.807, 2.05) is 6.92 Å². The lowest BCUT2D eigenvalue weighted by atomic mass is 10.1. The first-order valence-corrected chi connectivity index (χ1v) is 11.7. The van der Waals surface area contributed by atoms with E-state index in [1.54, 1.807) is 28.7 Å². The van der Waals surface area contributed by atoms with E-state index in [4.69, 9.17) is 4.74 Å². The van der Waals surface area contributed by atoms with Crippen molar-refractivity contribution in [3.63, 3.8) is 0 Å². The maximum Gasteiger partial charge on any atom is 0.282 e. The van der Waals surface area contributed by atoms with Crippen LogP contribution in [-0.2, 0) is 11.3 Å². The Labute approximate surface area is 195 Å². The standard InChI is InChI=1S/C21H27N7O4S/c1-3-13-33-21-25-18(22-10-12-32-4-2)16-14-24-27(19(16)26-21)11-9-23-20(29)15-7-5-6-8-17(15)28(30)31/h5-8,14H,3-4,9-13H2,1-2H3,(H,23,29)(H,22,25,26). The van der Waals surface area contributed by atoms with Crippen molar-refractivity contribution in [3.8, 4) is 0 Å². The van der Waals surface area contributed by atoms with E-state index in [1.165, 1.54) is 18.2 Å². The Kier molecular flexibility index (Phi) is 8.95. The summed E-state index contributed by atoms with van der Waals surface area (Å²) in [6.45, 7) is 6.44. The van der Waals surface area contributed by atoms with Crippen LogP contribution in [0.15, 0.2) is 35.6 Å². The van der Waals surface area contributed by atoms with Gasteiger partial charge < -0.3 is 15.4 Å². The van der Waals surface area contributed by atoms with E-state index in [0.29, 0.717) is 42.9 Å². The summed E-state index contributed by atoms with van der Waals surface area (Å²) in [5.74, 6) is 1.07. The molecule has 1 aromatic carbocycles. The van der Waals surface area contributed by atoms with Crippen molar-refractivity contribution in [2.75, 3.05) is 37.4 Å². The second-order valence-electron chi connectivity index (χ2n) is 6.96. The molecule has 11 nitrogen and oxygen atoms in total. The molecule has 12 heteroatoms. The number of nitrogens with zero attached hydrogens (tertiary/aromatic N) is 5. The van der Waals surface area contributed by atoms with Crippen LogP contribution in [0.25, 0.3) is 11.0 Å². The molecule has 0 unspecified atom stereocenters. The third-order valence-corrected chi connectivity index (χ3v) is 5.66. The van der Waals surface area contributed by atoms with Crippen LogP contribution in [0.4, 0.5) is 11.5 Å². The SMILES string of the molecule is CCCSc1nc(NCCOCC)c2cnn(CCNC(=O)c3ccccc3[N+](=O)[O-])c2n1. The minimum atomic E-state index is -0.567. The van der Waals surface area contributed by atoms with Crippen LogP contribution in [0.5, 0.6) is 0 Å². The van der Waals surface area contributed by atoms with E-state index >= 15 is 0 Å². The van der Waals surface area contributed by atoms with Crippen LogP contribution in [0.1, 0.15) is 30.6 Å². The molecule has 0 bridgehead atoms. The quantitative estimate of drug-likeness (QED) is 0.126. The van der Waals surface area contributed by atoms with Crippen molar-refractivity contribution in [1.29, 1.82) is 0 Å². The first-order chi connectivity index (χ1) is 16.0. The summed E-state index contributed by atoms with van der Waals surface area (Å²) in [5, 5.41) is 23.0. The Balaban J connectivity index is 1.73. The van der Waals surface area contributed by atoms with Crippen LogP contribution in [0, 0.1) is 10.1 Å². The molecular weight excluding hydrogens is 446 g/mol. The van der Waals surface area contributed by atoms with Crippen molar-refractivity contribution in [3.05, 3.63) is 46.1 Å². The number of benzene rings is 1. The largest absolute Gasteiger partial charge is 0.380 e. The van der Waals surface area contributed by atoms with Gasteiger partial charge in [-0.05, 0) is 19.4 Å². The summed E-state index contributed by atoms with van der Waals surface area (Å²) >= 11 is 1.57. The molecule has 0 aliphatic carbocycles. The van der Waals surface area contributed by atoms with Gasteiger partial charge in [0, 0.05) is 31.5 Å². The Morgan fingerprint density at radius 3 is 2.82 bits per heavy atom. The fraction of sp³-hybridized carbons (Fsp3) is 0.429. The number of ether oxygens (including phenoxy) is 1. The molecule has 0 radical (unpaired) electrons. The summed E-state index contributed by atoms with van der Waals surface area (Å²) in [6, 6.07) is 5.86. The predicted molar refractivity (Wildman–Crippen MR) is 127 cm³/mol. The van der Waals surface area contributed by atoms with Gasteiger partial charge in [0.2, 0.25) is 0 Å². The summed E-state index contributed by atoms with van der Waals surface area (Å²) in [7, 11) is 0. The van der Waals surface area contributed by atoms with Crippen LogP contribution in [0.3, 0.4) is 0 Å². The first-order valence-electron chi connectivity index (χ1n) is 10.7. The number of nitro benzene ring substituents is 1. The van der Waals surface area contributed by atoms with Gasteiger partial charge in [0.25, 0.3) is 11.6 Å². The number of anilines is 1. The summed E-state index contributed by atoms with van der Waals surface area (Å²) in [6.07, 6.45) is 2.69. The highest BCUT2D eigenvalue weighted by molar-refractivity contribution is 7.99. The zero-order valence-corrected chi connectivity index (χ0v) is 19.4. The zero-order valence-electron chi connectivity index (χ0n) is 18.6. The number of rotatable bonds is 13. The minimum absolute atomic E-state index is 0.0224. The molecule has 0 atom stereocenters. The third kappa shape index (κ3) is 6.39. The van der Waals surface area contributed by atoms with Crippen LogP contribution in [0.2, 0.25) is 0 Å². The Bertz CT molecular complexity index is 1110. The number of carbonyl (C=O) groups excluding carboxylic acids is 1. The normalized spacial score (nSPS) is 11.0. The lowest BCUT2D eigenvalue weighted by Crippen LogP contribution is -2.28. The minimum Gasteiger partial charge on any atom is -0.380 e. The molecule has 0 saturated heterocycles. The van der Waals surface area contributed by atoms with E-state index in [-0.39, 0.29) is 17.8 Å². The molecule has 1 amide bonds. The average molecular weight is 474 g/mol. The number of aromatic nitrogens is 4. The second kappa shape index (κ2) is 12.1. The number of thioether (sulfide) groups is 1. The van der Waals surface area contributed by atoms with Gasteiger partial charge in [-0.25, -0.2) is 14.6 Å². The van der Waals surface area contributed by atoms with Gasteiger partial charge in [0.1, 0.15) is 11.4 Å².